The predicted octanol–water partition coefficient (Wildman–Crippen LogP) is 5.21. The maximum atomic E-state index is 11.0. The topological polar surface area (TPSA) is 55.2 Å². The lowest BCUT2D eigenvalue weighted by Gasteiger charge is -2.08. The average molecular weight is 346 g/mol. The number of nitro groups is 1. The van der Waals surface area contributed by atoms with Crippen LogP contribution in [0.4, 0.5) is 11.4 Å². The number of nitrogens with one attached hydrogen (secondary N) is 1. The SMILES string of the molecule is O=[N+]([O-])c1cc(Cl)ccc1NCCc1ccc(Cl)cc1Cl. The van der Waals surface area contributed by atoms with E-state index in [1.165, 1.54) is 6.07 Å². The van der Waals surface area contributed by atoms with Crippen LogP contribution < -0.4 is 5.32 Å². The van der Waals surface area contributed by atoms with Crippen LogP contribution in [0.3, 0.4) is 0 Å². The Balaban J connectivity index is 2.05. The van der Waals surface area contributed by atoms with Gasteiger partial charge in [0.15, 0.2) is 0 Å². The van der Waals surface area contributed by atoms with E-state index in [2.05, 4.69) is 5.32 Å². The second kappa shape index (κ2) is 6.98. The number of halogens is 3. The molecule has 21 heavy (non-hydrogen) atoms. The molecule has 2 rings (SSSR count). The third kappa shape index (κ3) is 4.24. The van der Waals surface area contributed by atoms with Crippen molar-refractivity contribution in [1.82, 2.24) is 0 Å². The summed E-state index contributed by atoms with van der Waals surface area (Å²) in [5, 5.41) is 15.5. The Morgan fingerprint density at radius 2 is 1.71 bits per heavy atom. The van der Waals surface area contributed by atoms with Crippen molar-refractivity contribution < 1.29 is 4.92 Å². The molecule has 0 aromatic heterocycles. The fourth-order valence-corrected chi connectivity index (χ4v) is 2.53. The molecule has 2 aromatic carbocycles. The molecule has 0 fully saturated rings. The quantitative estimate of drug-likeness (QED) is 0.598. The van der Waals surface area contributed by atoms with Crippen molar-refractivity contribution in [2.24, 2.45) is 0 Å². The highest BCUT2D eigenvalue weighted by molar-refractivity contribution is 6.35. The minimum atomic E-state index is -0.469. The van der Waals surface area contributed by atoms with E-state index in [1.807, 2.05) is 6.07 Å². The van der Waals surface area contributed by atoms with Gasteiger partial charge in [-0.25, -0.2) is 0 Å². The number of nitrogens with zero attached hydrogens (tertiary/aromatic N) is 1. The van der Waals surface area contributed by atoms with Gasteiger partial charge >= 0.3 is 0 Å². The molecule has 0 unspecified atom stereocenters. The molecule has 4 nitrogen and oxygen atoms in total. The minimum Gasteiger partial charge on any atom is -0.379 e. The predicted molar refractivity (Wildman–Crippen MR) is 86.8 cm³/mol. The van der Waals surface area contributed by atoms with Crippen LogP contribution in [0.15, 0.2) is 36.4 Å². The van der Waals surface area contributed by atoms with Crippen molar-refractivity contribution in [3.05, 3.63) is 67.1 Å². The Morgan fingerprint density at radius 3 is 2.38 bits per heavy atom. The first-order chi connectivity index (χ1) is 9.97. The molecule has 0 bridgehead atoms. The van der Waals surface area contributed by atoms with Crippen molar-refractivity contribution in [2.45, 2.75) is 6.42 Å². The van der Waals surface area contributed by atoms with Crippen molar-refractivity contribution >= 4 is 46.2 Å². The highest BCUT2D eigenvalue weighted by Gasteiger charge is 2.13. The average Bonchev–Trinajstić information content (AvgIpc) is 2.42. The Morgan fingerprint density at radius 1 is 1.05 bits per heavy atom. The molecule has 2 aromatic rings. The van der Waals surface area contributed by atoms with Crippen LogP contribution in [-0.4, -0.2) is 11.5 Å². The summed E-state index contributed by atoms with van der Waals surface area (Å²) in [5.74, 6) is 0. The van der Waals surface area contributed by atoms with Crippen LogP contribution in [0.1, 0.15) is 5.56 Å². The second-order valence-electron chi connectivity index (χ2n) is 4.33. The molecule has 0 radical (unpaired) electrons. The normalized spacial score (nSPS) is 10.4. The van der Waals surface area contributed by atoms with E-state index >= 15 is 0 Å². The second-order valence-corrected chi connectivity index (χ2v) is 5.61. The van der Waals surface area contributed by atoms with Gasteiger partial charge in [0.25, 0.3) is 5.69 Å². The van der Waals surface area contributed by atoms with E-state index in [4.69, 9.17) is 34.8 Å². The van der Waals surface area contributed by atoms with Crippen molar-refractivity contribution in [2.75, 3.05) is 11.9 Å². The van der Waals surface area contributed by atoms with Gasteiger partial charge in [0, 0.05) is 27.7 Å². The van der Waals surface area contributed by atoms with E-state index in [1.54, 1.807) is 24.3 Å². The number of benzene rings is 2. The van der Waals surface area contributed by atoms with Gasteiger partial charge in [-0.3, -0.25) is 10.1 Å². The molecule has 0 aliphatic rings. The fourth-order valence-electron chi connectivity index (χ4n) is 1.86. The number of hydrogen-bond donors (Lipinski definition) is 1. The maximum absolute atomic E-state index is 11.0. The maximum Gasteiger partial charge on any atom is 0.293 e. The van der Waals surface area contributed by atoms with Crippen LogP contribution in [0.5, 0.6) is 0 Å². The summed E-state index contributed by atoms with van der Waals surface area (Å²) >= 11 is 17.7. The van der Waals surface area contributed by atoms with Crippen LogP contribution in [0, 0.1) is 10.1 Å². The molecule has 0 saturated heterocycles. The lowest BCUT2D eigenvalue weighted by Crippen LogP contribution is -2.07. The molecule has 0 atom stereocenters. The Bertz CT molecular complexity index is 677. The summed E-state index contributed by atoms with van der Waals surface area (Å²) in [6.07, 6.45) is 0.621. The summed E-state index contributed by atoms with van der Waals surface area (Å²) in [6, 6.07) is 9.77. The van der Waals surface area contributed by atoms with Gasteiger partial charge in [-0.2, -0.15) is 0 Å². The molecule has 1 N–H and O–H groups in total. The Labute approximate surface area is 136 Å². The molecule has 0 spiro atoms. The summed E-state index contributed by atoms with van der Waals surface area (Å²) < 4.78 is 0. The zero-order valence-electron chi connectivity index (χ0n) is 10.8. The van der Waals surface area contributed by atoms with E-state index in [-0.39, 0.29) is 5.69 Å². The largest absolute Gasteiger partial charge is 0.379 e. The molecule has 0 amide bonds. The first-order valence-corrected chi connectivity index (χ1v) is 7.22. The van der Waals surface area contributed by atoms with E-state index in [0.29, 0.717) is 33.7 Å². The summed E-state index contributed by atoms with van der Waals surface area (Å²) in [7, 11) is 0. The lowest BCUT2D eigenvalue weighted by molar-refractivity contribution is -0.383. The van der Waals surface area contributed by atoms with Gasteiger partial charge in [-0.05, 0) is 36.2 Å². The summed E-state index contributed by atoms with van der Waals surface area (Å²) in [6.45, 7) is 0.504. The van der Waals surface area contributed by atoms with E-state index in [0.717, 1.165) is 5.56 Å². The van der Waals surface area contributed by atoms with Crippen molar-refractivity contribution in [1.29, 1.82) is 0 Å². The van der Waals surface area contributed by atoms with Crippen LogP contribution in [0.25, 0.3) is 0 Å². The first-order valence-electron chi connectivity index (χ1n) is 6.09. The van der Waals surface area contributed by atoms with Gasteiger partial charge in [0.05, 0.1) is 4.92 Å². The van der Waals surface area contributed by atoms with Gasteiger partial charge in [-0.1, -0.05) is 40.9 Å². The van der Waals surface area contributed by atoms with Crippen LogP contribution in [0.2, 0.25) is 15.1 Å². The third-order valence-corrected chi connectivity index (χ3v) is 3.70. The molecule has 0 aliphatic carbocycles. The molecule has 110 valence electrons. The standard InChI is InChI=1S/C14H11Cl3N2O2/c15-10-2-1-9(12(17)7-10)5-6-18-13-4-3-11(16)8-14(13)19(20)21/h1-4,7-8,18H,5-6H2. The van der Waals surface area contributed by atoms with E-state index < -0.39 is 4.92 Å². The molecular formula is C14H11Cl3N2O2. The van der Waals surface area contributed by atoms with Gasteiger partial charge in [-0.15, -0.1) is 0 Å². The van der Waals surface area contributed by atoms with Crippen molar-refractivity contribution in [3.63, 3.8) is 0 Å². The minimum absolute atomic E-state index is 0.0512. The molecule has 0 aliphatic heterocycles. The number of rotatable bonds is 5. The number of anilines is 1. The van der Waals surface area contributed by atoms with Gasteiger partial charge < -0.3 is 5.32 Å². The number of nitro benzene ring substituents is 1. The van der Waals surface area contributed by atoms with Crippen molar-refractivity contribution in [3.8, 4) is 0 Å². The molecular weight excluding hydrogens is 335 g/mol. The van der Waals surface area contributed by atoms with Gasteiger partial charge in [0.2, 0.25) is 0 Å². The lowest BCUT2D eigenvalue weighted by atomic mass is 10.1. The summed E-state index contributed by atoms with van der Waals surface area (Å²) in [5.41, 5.74) is 1.30. The zero-order valence-corrected chi connectivity index (χ0v) is 13.0. The smallest absolute Gasteiger partial charge is 0.293 e. The fraction of sp³-hybridized carbons (Fsp3) is 0.143. The Hall–Kier alpha value is -1.49. The third-order valence-electron chi connectivity index (χ3n) is 2.88. The van der Waals surface area contributed by atoms with Crippen LogP contribution >= 0.6 is 34.8 Å². The highest BCUT2D eigenvalue weighted by Crippen LogP contribution is 2.28. The number of hydrogen-bond acceptors (Lipinski definition) is 3. The molecule has 0 heterocycles. The summed E-state index contributed by atoms with van der Waals surface area (Å²) in [4.78, 5) is 10.5. The van der Waals surface area contributed by atoms with Crippen LogP contribution in [-0.2, 0) is 6.42 Å². The molecule has 7 heteroatoms. The highest BCUT2D eigenvalue weighted by atomic mass is 35.5. The molecule has 0 saturated carbocycles. The Kier molecular flexibility index (Phi) is 5.28. The van der Waals surface area contributed by atoms with Gasteiger partial charge in [0.1, 0.15) is 5.69 Å². The zero-order chi connectivity index (χ0) is 15.4. The first kappa shape index (κ1) is 15.9. The monoisotopic (exact) mass is 344 g/mol. The van der Waals surface area contributed by atoms with E-state index in [9.17, 15) is 10.1 Å².